The summed E-state index contributed by atoms with van der Waals surface area (Å²) < 4.78 is 13.4. The predicted octanol–water partition coefficient (Wildman–Crippen LogP) is 5.42. The van der Waals surface area contributed by atoms with E-state index >= 15 is 0 Å². The predicted molar refractivity (Wildman–Crippen MR) is 172 cm³/mol. The van der Waals surface area contributed by atoms with Gasteiger partial charge in [-0.05, 0) is 107 Å². The largest absolute Gasteiger partial charge is 0.460 e. The topological polar surface area (TPSA) is 85.6 Å². The summed E-state index contributed by atoms with van der Waals surface area (Å²) in [5.41, 5.74) is 4.67. The Hall–Kier alpha value is -3.82. The van der Waals surface area contributed by atoms with Gasteiger partial charge in [0.1, 0.15) is 5.60 Å². The molecule has 9 heteroatoms. The van der Waals surface area contributed by atoms with E-state index < -0.39 is 5.60 Å². The summed E-state index contributed by atoms with van der Waals surface area (Å²) in [6.07, 6.45) is 9.09. The number of benzene rings is 1. The number of fused-ring (bicyclic) bond motifs is 1. The molecule has 0 radical (unpaired) electrons. The van der Waals surface area contributed by atoms with Gasteiger partial charge in [-0.25, -0.2) is 14.6 Å². The summed E-state index contributed by atoms with van der Waals surface area (Å²) in [6.45, 7) is 11.7. The minimum Gasteiger partial charge on any atom is -0.460 e. The fourth-order valence-corrected chi connectivity index (χ4v) is 6.39. The van der Waals surface area contributed by atoms with E-state index in [2.05, 4.69) is 56.3 Å². The molecule has 2 fully saturated rings. The third kappa shape index (κ3) is 7.81. The Kier molecular flexibility index (Phi) is 9.23. The summed E-state index contributed by atoms with van der Waals surface area (Å²) in [6, 6.07) is 16.8. The lowest BCUT2D eigenvalue weighted by Gasteiger charge is -2.31. The van der Waals surface area contributed by atoms with Crippen molar-refractivity contribution in [2.75, 3.05) is 50.8 Å². The van der Waals surface area contributed by atoms with Crippen molar-refractivity contribution >= 4 is 22.7 Å². The first kappa shape index (κ1) is 30.2. The highest BCUT2D eigenvalue weighted by Crippen LogP contribution is 2.32. The molecule has 2 aliphatic rings. The second-order valence-corrected chi connectivity index (χ2v) is 13.1. The Labute approximate surface area is 260 Å². The Balaban J connectivity index is 1.19. The van der Waals surface area contributed by atoms with Gasteiger partial charge >= 0.3 is 5.97 Å². The molecule has 1 aromatic carbocycles. The lowest BCUT2D eigenvalue weighted by molar-refractivity contribution is -0.155. The van der Waals surface area contributed by atoms with Crippen LogP contribution in [0.2, 0.25) is 0 Å². The molecule has 2 aliphatic heterocycles. The number of hydrogen-bond donors (Lipinski definition) is 0. The number of carbonyl (C=O) groups is 1. The monoisotopic (exact) mass is 596 g/mol. The summed E-state index contributed by atoms with van der Waals surface area (Å²) in [4.78, 5) is 27.3. The third-order valence-electron chi connectivity index (χ3n) is 8.55. The number of rotatable bonds is 10. The fraction of sp³-hybridized carbons (Fsp3) is 0.486. The molecule has 232 valence electrons. The fourth-order valence-electron chi connectivity index (χ4n) is 6.39. The SMILES string of the molecule is CC(C)(C)OC(=O)CC(CN1CCC(CCc2ccc3cccnc3n2)C1)c1cc(N2CCOCC2)cc(-n2cccn2)c1. The van der Waals surface area contributed by atoms with Crippen LogP contribution in [0.4, 0.5) is 5.69 Å². The zero-order valence-corrected chi connectivity index (χ0v) is 26.2. The first-order valence-electron chi connectivity index (χ1n) is 15.9. The van der Waals surface area contributed by atoms with Gasteiger partial charge in [-0.15, -0.1) is 0 Å². The van der Waals surface area contributed by atoms with Crippen molar-refractivity contribution in [3.05, 3.63) is 78.4 Å². The van der Waals surface area contributed by atoms with Crippen LogP contribution in [0.3, 0.4) is 0 Å². The van der Waals surface area contributed by atoms with Crippen LogP contribution in [0.1, 0.15) is 57.2 Å². The van der Waals surface area contributed by atoms with E-state index in [1.807, 2.05) is 43.8 Å². The molecule has 0 aliphatic carbocycles. The van der Waals surface area contributed by atoms with Crippen molar-refractivity contribution in [1.29, 1.82) is 0 Å². The number of pyridine rings is 2. The van der Waals surface area contributed by atoms with Gasteiger partial charge in [0.25, 0.3) is 0 Å². The highest BCUT2D eigenvalue weighted by Gasteiger charge is 2.29. The molecule has 0 amide bonds. The minimum atomic E-state index is -0.525. The molecule has 9 nitrogen and oxygen atoms in total. The van der Waals surface area contributed by atoms with Crippen molar-refractivity contribution in [3.63, 3.8) is 0 Å². The van der Waals surface area contributed by atoms with Gasteiger partial charge in [-0.3, -0.25) is 4.79 Å². The molecule has 0 spiro atoms. The van der Waals surface area contributed by atoms with Crippen molar-refractivity contribution in [2.24, 2.45) is 5.92 Å². The maximum atomic E-state index is 13.2. The van der Waals surface area contributed by atoms with Gasteiger partial charge < -0.3 is 19.3 Å². The lowest BCUT2D eigenvalue weighted by atomic mass is 9.93. The summed E-state index contributed by atoms with van der Waals surface area (Å²) in [5.74, 6) is 0.427. The Morgan fingerprint density at radius 2 is 1.89 bits per heavy atom. The quantitative estimate of drug-likeness (QED) is 0.224. The van der Waals surface area contributed by atoms with E-state index in [0.29, 0.717) is 25.6 Å². The number of aryl methyl sites for hydroxylation is 1. The number of ether oxygens (including phenoxy) is 2. The van der Waals surface area contributed by atoms with Crippen LogP contribution >= 0.6 is 0 Å². The zero-order valence-electron chi connectivity index (χ0n) is 26.2. The number of hydrogen-bond acceptors (Lipinski definition) is 8. The van der Waals surface area contributed by atoms with Crippen molar-refractivity contribution in [1.82, 2.24) is 24.6 Å². The van der Waals surface area contributed by atoms with E-state index in [9.17, 15) is 4.79 Å². The Morgan fingerprint density at radius 3 is 2.68 bits per heavy atom. The first-order chi connectivity index (χ1) is 21.3. The summed E-state index contributed by atoms with van der Waals surface area (Å²) in [7, 11) is 0. The maximum Gasteiger partial charge on any atom is 0.306 e. The number of esters is 1. The second-order valence-electron chi connectivity index (χ2n) is 13.1. The molecule has 0 saturated carbocycles. The Morgan fingerprint density at radius 1 is 1.05 bits per heavy atom. The average molecular weight is 597 g/mol. The van der Waals surface area contributed by atoms with Gasteiger partial charge in [0.15, 0.2) is 5.65 Å². The molecule has 2 unspecified atom stereocenters. The number of anilines is 1. The van der Waals surface area contributed by atoms with Gasteiger partial charge in [0, 0.05) is 67.5 Å². The van der Waals surface area contributed by atoms with Crippen LogP contribution < -0.4 is 4.90 Å². The number of likely N-dealkylation sites (tertiary alicyclic amines) is 1. The molecule has 5 heterocycles. The smallest absolute Gasteiger partial charge is 0.306 e. The maximum absolute atomic E-state index is 13.2. The van der Waals surface area contributed by atoms with Crippen LogP contribution in [0.5, 0.6) is 0 Å². The number of morpholine rings is 1. The molecule has 2 atom stereocenters. The number of nitrogens with zero attached hydrogens (tertiary/aromatic N) is 6. The lowest BCUT2D eigenvalue weighted by Crippen LogP contribution is -2.36. The molecular formula is C35H44N6O3. The van der Waals surface area contributed by atoms with Gasteiger partial charge in [-0.2, -0.15) is 5.10 Å². The molecule has 0 bridgehead atoms. The van der Waals surface area contributed by atoms with Crippen LogP contribution in [0.15, 0.2) is 67.1 Å². The van der Waals surface area contributed by atoms with Crippen LogP contribution in [0.25, 0.3) is 16.7 Å². The van der Waals surface area contributed by atoms with Gasteiger partial charge in [-0.1, -0.05) is 0 Å². The summed E-state index contributed by atoms with van der Waals surface area (Å²) in [5, 5.41) is 5.60. The van der Waals surface area contributed by atoms with E-state index in [0.717, 1.165) is 85.7 Å². The molecule has 4 aromatic rings. The molecule has 0 N–H and O–H groups in total. The van der Waals surface area contributed by atoms with Gasteiger partial charge in [0.2, 0.25) is 0 Å². The van der Waals surface area contributed by atoms with E-state index in [4.69, 9.17) is 14.5 Å². The number of aromatic nitrogens is 4. The zero-order chi connectivity index (χ0) is 30.5. The minimum absolute atomic E-state index is 0.00729. The van der Waals surface area contributed by atoms with E-state index in [-0.39, 0.29) is 11.9 Å². The van der Waals surface area contributed by atoms with E-state index in [1.165, 1.54) is 0 Å². The third-order valence-corrected chi connectivity index (χ3v) is 8.55. The van der Waals surface area contributed by atoms with Crippen LogP contribution in [-0.4, -0.2) is 82.2 Å². The standard InChI is InChI=1S/C35H44N6O3/c1-35(2,3)44-33(42)22-29(28-20-31(40-16-18-43-19-17-40)23-32(21-28)41-14-5-13-37-41)25-39-15-11-26(24-39)7-9-30-10-8-27-6-4-12-36-34(27)38-30/h4-6,8,10,12-14,20-21,23,26,29H,7,9,11,15-19,22,24-25H2,1-3H3. The van der Waals surface area contributed by atoms with Crippen LogP contribution in [0, 0.1) is 5.92 Å². The molecular weight excluding hydrogens is 552 g/mol. The van der Waals surface area contributed by atoms with Crippen molar-refractivity contribution in [3.8, 4) is 5.69 Å². The average Bonchev–Trinajstić information content (AvgIpc) is 3.72. The first-order valence-corrected chi connectivity index (χ1v) is 15.9. The van der Waals surface area contributed by atoms with E-state index in [1.54, 1.807) is 12.4 Å². The Bertz CT molecular complexity index is 1540. The van der Waals surface area contributed by atoms with Crippen molar-refractivity contribution in [2.45, 2.75) is 58.0 Å². The molecule has 6 rings (SSSR count). The van der Waals surface area contributed by atoms with Crippen LogP contribution in [-0.2, 0) is 20.7 Å². The number of carbonyl (C=O) groups excluding carboxylic acids is 1. The van der Waals surface area contributed by atoms with Gasteiger partial charge in [0.05, 0.1) is 25.3 Å². The second kappa shape index (κ2) is 13.4. The molecule has 44 heavy (non-hydrogen) atoms. The normalized spacial score (nSPS) is 18.5. The molecule has 2 saturated heterocycles. The van der Waals surface area contributed by atoms with Crippen molar-refractivity contribution < 1.29 is 14.3 Å². The highest BCUT2D eigenvalue weighted by atomic mass is 16.6. The molecule has 3 aromatic heterocycles. The summed E-state index contributed by atoms with van der Waals surface area (Å²) >= 11 is 0. The highest BCUT2D eigenvalue weighted by molar-refractivity contribution is 5.74.